The average molecular weight is 749 g/mol. The van der Waals surface area contributed by atoms with Crippen LogP contribution in [-0.2, 0) is 52.6 Å². The summed E-state index contributed by atoms with van der Waals surface area (Å²) in [5, 5.41) is 12.0. The molecule has 4 unspecified atom stereocenters. The van der Waals surface area contributed by atoms with Gasteiger partial charge < -0.3 is 34.3 Å². The van der Waals surface area contributed by atoms with Crippen LogP contribution >= 0.6 is 0 Å². The topological polar surface area (TPSA) is 141 Å². The van der Waals surface area contributed by atoms with Crippen molar-refractivity contribution in [3.05, 3.63) is 124 Å². The summed E-state index contributed by atoms with van der Waals surface area (Å²) in [6.45, 7) is -1.97. The molecule has 3 aliphatic rings. The molecule has 0 aromatic heterocycles. The molecule has 0 bridgehead atoms. The van der Waals surface area contributed by atoms with E-state index < -0.39 is 66.7 Å². The van der Waals surface area contributed by atoms with Crippen molar-refractivity contribution in [1.82, 2.24) is 10.2 Å². The zero-order valence-electron chi connectivity index (χ0n) is 29.3. The number of nitrogens with zero attached hydrogens (tertiary/aromatic N) is 1. The van der Waals surface area contributed by atoms with Gasteiger partial charge in [0.05, 0.1) is 12.2 Å². The molecular weight excluding hydrogens is 709 g/mol. The number of aliphatic hydroxyl groups is 1. The number of fused-ring (bicyclic) bond motifs is 2. The molecule has 1 fully saturated rings. The van der Waals surface area contributed by atoms with Crippen LogP contribution in [-0.4, -0.2) is 96.9 Å². The second-order valence-electron chi connectivity index (χ2n) is 13.4. The normalized spacial score (nSPS) is 20.5. The Morgan fingerprint density at radius 3 is 2.30 bits per heavy atom. The molecular formula is C40H39F3N2O9. The number of likely N-dealkylation sites (N-methyl/N-ethyl adjacent to an activating group) is 1. The lowest BCUT2D eigenvalue weighted by molar-refractivity contribution is -0.182. The monoisotopic (exact) mass is 748 g/mol. The number of rotatable bonds is 12. The molecule has 11 nitrogen and oxygen atoms in total. The Labute approximate surface area is 309 Å². The van der Waals surface area contributed by atoms with Crippen molar-refractivity contribution < 1.29 is 56.4 Å². The van der Waals surface area contributed by atoms with Gasteiger partial charge in [0.2, 0.25) is 11.8 Å². The Bertz CT molecular complexity index is 1890. The minimum absolute atomic E-state index is 0.0120. The van der Waals surface area contributed by atoms with Crippen molar-refractivity contribution >= 4 is 29.8 Å². The second kappa shape index (κ2) is 16.4. The van der Waals surface area contributed by atoms with Gasteiger partial charge in [0.1, 0.15) is 24.4 Å². The van der Waals surface area contributed by atoms with Crippen molar-refractivity contribution in [2.24, 2.45) is 0 Å². The number of nitrogens with one attached hydrogen (secondary N) is 1. The van der Waals surface area contributed by atoms with E-state index in [1.165, 1.54) is 42.3 Å². The highest BCUT2D eigenvalue weighted by molar-refractivity contribution is 5.97. The Hall–Kier alpha value is -5.31. The Morgan fingerprint density at radius 2 is 1.65 bits per heavy atom. The standard InChI is InChI=1S/C40H39F3N2O9/c1-45(31(36(48)44-17-18-46)19-26-7-3-2-4-8-26)37(49)30-20-32(35-33(21-30)53-39(54-35)22-28-9-5-6-10-29(28)23-39)52-38(50)27-14-11-25(12-15-27)13-16-34(47)51-24-40(41,42)43/h2-16,21,31-33,35,46H,17-20,22-24H2,1H3,(H,44,48). The van der Waals surface area contributed by atoms with Gasteiger partial charge in [-0.05, 0) is 46.5 Å². The van der Waals surface area contributed by atoms with E-state index in [1.807, 2.05) is 54.6 Å². The summed E-state index contributed by atoms with van der Waals surface area (Å²) in [7, 11) is 1.52. The molecule has 2 amide bonds. The second-order valence-corrected chi connectivity index (χ2v) is 13.4. The van der Waals surface area contributed by atoms with E-state index in [-0.39, 0.29) is 37.1 Å². The molecule has 6 rings (SSSR count). The van der Waals surface area contributed by atoms with Crippen molar-refractivity contribution in [2.45, 2.75) is 62.0 Å². The third-order valence-electron chi connectivity index (χ3n) is 9.46. The maximum Gasteiger partial charge on any atom is 0.422 e. The minimum Gasteiger partial charge on any atom is -0.456 e. The SMILES string of the molecule is CN(C(=O)C1=CC2OC3(Cc4ccccc4C3)OC2C(OC(=O)c2ccc(C=CC(=O)OCC(F)(F)F)cc2)C1)C(Cc1ccccc1)C(=O)NCCO. The highest BCUT2D eigenvalue weighted by atomic mass is 19.4. The number of aliphatic hydroxyl groups excluding tert-OH is 1. The first-order valence-electron chi connectivity index (χ1n) is 17.4. The first-order valence-corrected chi connectivity index (χ1v) is 17.4. The highest BCUT2D eigenvalue weighted by Gasteiger charge is 2.55. The summed E-state index contributed by atoms with van der Waals surface area (Å²) < 4.78 is 60.3. The third kappa shape index (κ3) is 9.24. The van der Waals surface area contributed by atoms with Crippen molar-refractivity contribution in [2.75, 3.05) is 26.8 Å². The van der Waals surface area contributed by atoms with Gasteiger partial charge in [-0.15, -0.1) is 0 Å². The number of alkyl halides is 3. The zero-order valence-corrected chi connectivity index (χ0v) is 29.3. The van der Waals surface area contributed by atoms with Gasteiger partial charge >= 0.3 is 18.1 Å². The van der Waals surface area contributed by atoms with Crippen LogP contribution in [0, 0.1) is 0 Å². The lowest BCUT2D eigenvalue weighted by atomic mass is 9.90. The molecule has 2 N–H and O–H groups in total. The highest BCUT2D eigenvalue weighted by Crippen LogP contribution is 2.45. The lowest BCUT2D eigenvalue weighted by Gasteiger charge is -2.33. The van der Waals surface area contributed by atoms with Crippen LogP contribution in [0.1, 0.15) is 39.0 Å². The summed E-state index contributed by atoms with van der Waals surface area (Å²) in [5.74, 6) is -3.87. The Kier molecular flexibility index (Phi) is 11.6. The number of carbonyl (C=O) groups is 4. The molecule has 1 spiro atoms. The number of amides is 2. The van der Waals surface area contributed by atoms with E-state index in [9.17, 15) is 37.5 Å². The predicted octanol–water partition coefficient (Wildman–Crippen LogP) is 4.12. The van der Waals surface area contributed by atoms with Crippen LogP contribution in [0.5, 0.6) is 0 Å². The van der Waals surface area contributed by atoms with Gasteiger partial charge in [0.25, 0.3) is 0 Å². The molecule has 0 radical (unpaired) electrons. The quantitative estimate of drug-likeness (QED) is 0.207. The van der Waals surface area contributed by atoms with E-state index in [4.69, 9.17) is 14.2 Å². The summed E-state index contributed by atoms with van der Waals surface area (Å²) in [5.41, 5.74) is 3.75. The van der Waals surface area contributed by atoms with Gasteiger partial charge in [0.15, 0.2) is 12.4 Å². The molecule has 3 aromatic rings. The van der Waals surface area contributed by atoms with Gasteiger partial charge in [0, 0.05) is 50.9 Å². The number of hydrogen-bond donors (Lipinski definition) is 2. The first kappa shape index (κ1) is 38.4. The van der Waals surface area contributed by atoms with Crippen LogP contribution < -0.4 is 5.32 Å². The van der Waals surface area contributed by atoms with Crippen molar-refractivity contribution in [1.29, 1.82) is 0 Å². The number of halogens is 3. The molecule has 1 saturated heterocycles. The van der Waals surface area contributed by atoms with Crippen molar-refractivity contribution in [3.8, 4) is 0 Å². The van der Waals surface area contributed by atoms with E-state index in [2.05, 4.69) is 10.1 Å². The Balaban J connectivity index is 1.21. The fourth-order valence-electron chi connectivity index (χ4n) is 6.86. The van der Waals surface area contributed by atoms with E-state index in [0.717, 1.165) is 22.8 Å². The summed E-state index contributed by atoms with van der Waals surface area (Å²) in [4.78, 5) is 54.1. The van der Waals surface area contributed by atoms with Crippen molar-refractivity contribution in [3.63, 3.8) is 0 Å². The Morgan fingerprint density at radius 1 is 0.981 bits per heavy atom. The predicted molar refractivity (Wildman–Crippen MR) is 188 cm³/mol. The summed E-state index contributed by atoms with van der Waals surface area (Å²) in [6.07, 6.45) is -2.30. The van der Waals surface area contributed by atoms with Gasteiger partial charge in [-0.25, -0.2) is 9.59 Å². The molecule has 54 heavy (non-hydrogen) atoms. The minimum atomic E-state index is -4.65. The number of carbonyl (C=O) groups excluding carboxylic acids is 4. The van der Waals surface area contributed by atoms with Crippen LogP contribution in [0.4, 0.5) is 13.2 Å². The molecule has 4 atom stereocenters. The smallest absolute Gasteiger partial charge is 0.422 e. The van der Waals surface area contributed by atoms with Gasteiger partial charge in [-0.2, -0.15) is 13.2 Å². The maximum atomic E-state index is 14.2. The molecule has 1 heterocycles. The number of hydrogen-bond acceptors (Lipinski definition) is 9. The number of ether oxygens (including phenoxy) is 4. The molecule has 2 aliphatic carbocycles. The molecule has 1 aliphatic heterocycles. The number of esters is 2. The van der Waals surface area contributed by atoms with E-state index in [1.54, 1.807) is 6.08 Å². The molecule has 284 valence electrons. The molecule has 14 heteroatoms. The molecule has 3 aromatic carbocycles. The summed E-state index contributed by atoms with van der Waals surface area (Å²) >= 11 is 0. The third-order valence-corrected chi connectivity index (χ3v) is 9.46. The lowest BCUT2D eigenvalue weighted by Crippen LogP contribution is -2.51. The van der Waals surface area contributed by atoms with E-state index >= 15 is 0 Å². The fourth-order valence-corrected chi connectivity index (χ4v) is 6.86. The van der Waals surface area contributed by atoms with Gasteiger partial charge in [-0.1, -0.05) is 66.7 Å². The average Bonchev–Trinajstić information content (AvgIpc) is 3.71. The first-order chi connectivity index (χ1) is 25.8. The molecule has 0 saturated carbocycles. The largest absolute Gasteiger partial charge is 0.456 e. The van der Waals surface area contributed by atoms with E-state index in [0.29, 0.717) is 18.4 Å². The van der Waals surface area contributed by atoms with Crippen LogP contribution in [0.15, 0.2) is 96.6 Å². The summed E-state index contributed by atoms with van der Waals surface area (Å²) in [6, 6.07) is 22.0. The fraction of sp³-hybridized carbons (Fsp3) is 0.350. The van der Waals surface area contributed by atoms with Gasteiger partial charge in [-0.3, -0.25) is 9.59 Å². The maximum absolute atomic E-state index is 14.2. The van der Waals surface area contributed by atoms with Crippen LogP contribution in [0.3, 0.4) is 0 Å². The zero-order chi connectivity index (χ0) is 38.5. The number of benzene rings is 3. The van der Waals surface area contributed by atoms with Crippen LogP contribution in [0.25, 0.3) is 6.08 Å². The van der Waals surface area contributed by atoms with Crippen LogP contribution in [0.2, 0.25) is 0 Å².